The van der Waals surface area contributed by atoms with Crippen molar-refractivity contribution in [3.05, 3.63) is 28.8 Å². The number of nitrogens with two attached hydrogens (primary N) is 1. The zero-order valence-corrected chi connectivity index (χ0v) is 13.8. The smallest absolute Gasteiger partial charge is 0.363 e. The second kappa shape index (κ2) is 7.32. The predicted octanol–water partition coefficient (Wildman–Crippen LogP) is 1.26. The first-order chi connectivity index (χ1) is 12.0. The fourth-order valence-electron chi connectivity index (χ4n) is 2.23. The van der Waals surface area contributed by atoms with E-state index in [1.807, 2.05) is 0 Å². The molecule has 2 rings (SSSR count). The maximum absolute atomic E-state index is 12.6. The van der Waals surface area contributed by atoms with Crippen LogP contribution in [0.4, 0.5) is 18.9 Å². The van der Waals surface area contributed by atoms with E-state index in [0.29, 0.717) is 0 Å². The number of amides is 3. The normalized spacial score (nSPS) is 18.8. The minimum Gasteiger partial charge on any atom is -0.363 e. The number of hydrogen-bond acceptors (Lipinski definition) is 4. The molecule has 11 heteroatoms. The fraction of sp³-hybridized carbons (Fsp3) is 0.333. The van der Waals surface area contributed by atoms with E-state index in [4.69, 9.17) is 17.3 Å². The Morgan fingerprint density at radius 2 is 1.88 bits per heavy atom. The van der Waals surface area contributed by atoms with E-state index in [-0.39, 0.29) is 22.7 Å². The summed E-state index contributed by atoms with van der Waals surface area (Å²) in [6.45, 7) is -0.674. The van der Waals surface area contributed by atoms with Gasteiger partial charge in [-0.25, -0.2) is 0 Å². The lowest BCUT2D eigenvalue weighted by Gasteiger charge is -2.12. The molecule has 1 aliphatic rings. The number of alkyl halides is 3. The summed E-state index contributed by atoms with van der Waals surface area (Å²) in [6, 6.07) is 3.74. The largest absolute Gasteiger partial charge is 0.392 e. The van der Waals surface area contributed by atoms with E-state index in [0.717, 1.165) is 6.07 Å². The Morgan fingerprint density at radius 3 is 2.42 bits per heavy atom. The molecule has 2 atom stereocenters. The van der Waals surface area contributed by atoms with Gasteiger partial charge in [-0.15, -0.1) is 0 Å². The monoisotopic (exact) mass is 391 g/mol. The molecule has 7 nitrogen and oxygen atoms in total. The molecule has 0 bridgehead atoms. The third kappa shape index (κ3) is 4.72. The number of ketones is 1. The molecule has 1 fully saturated rings. The first kappa shape index (κ1) is 19.7. The van der Waals surface area contributed by atoms with Crippen LogP contribution in [-0.4, -0.2) is 36.2 Å². The van der Waals surface area contributed by atoms with E-state index in [1.165, 1.54) is 12.1 Å². The van der Waals surface area contributed by atoms with Crippen molar-refractivity contribution in [3.63, 3.8) is 0 Å². The molecule has 0 saturated heterocycles. The number of carbonyl (C=O) groups excluding carboxylic acids is 4. The van der Waals surface area contributed by atoms with Crippen LogP contribution in [0.15, 0.2) is 18.2 Å². The number of rotatable bonds is 6. The summed E-state index contributed by atoms with van der Waals surface area (Å²) in [5, 5.41) is 4.50. The number of nitrogens with one attached hydrogen (secondary N) is 2. The van der Waals surface area contributed by atoms with Gasteiger partial charge in [-0.05, 0) is 24.6 Å². The molecule has 140 valence electrons. The summed E-state index contributed by atoms with van der Waals surface area (Å²) >= 11 is 5.79. The second-order valence-corrected chi connectivity index (χ2v) is 6.08. The average Bonchev–Trinajstić information content (AvgIpc) is 3.34. The van der Waals surface area contributed by atoms with E-state index < -0.39 is 48.1 Å². The highest BCUT2D eigenvalue weighted by Crippen LogP contribution is 2.50. The Morgan fingerprint density at radius 1 is 1.23 bits per heavy atom. The van der Waals surface area contributed by atoms with Crippen molar-refractivity contribution < 1.29 is 32.3 Å². The van der Waals surface area contributed by atoms with E-state index >= 15 is 0 Å². The van der Waals surface area contributed by atoms with Crippen molar-refractivity contribution in [3.8, 4) is 0 Å². The molecule has 0 heterocycles. The summed E-state index contributed by atoms with van der Waals surface area (Å²) in [5.74, 6) is -6.95. The lowest BCUT2D eigenvalue weighted by atomic mass is 10.1. The van der Waals surface area contributed by atoms with Gasteiger partial charge in [-0.1, -0.05) is 11.6 Å². The first-order valence-corrected chi connectivity index (χ1v) is 7.66. The lowest BCUT2D eigenvalue weighted by molar-refractivity contribution is -0.153. The minimum absolute atomic E-state index is 0.0729. The summed E-state index contributed by atoms with van der Waals surface area (Å²) in [4.78, 5) is 45.9. The molecule has 3 amide bonds. The van der Waals surface area contributed by atoms with Gasteiger partial charge in [0.1, 0.15) is 0 Å². The number of anilines is 1. The number of benzene rings is 1. The third-order valence-corrected chi connectivity index (χ3v) is 3.95. The summed E-state index contributed by atoms with van der Waals surface area (Å²) in [6.07, 6.45) is -4.78. The fourth-order valence-corrected chi connectivity index (χ4v) is 2.40. The number of Topliss-reactive ketones (excluding diaryl/α,β-unsaturated/α-hetero) is 1. The number of hydrogen-bond donors (Lipinski definition) is 3. The van der Waals surface area contributed by atoms with Crippen molar-refractivity contribution in [2.45, 2.75) is 12.6 Å². The number of carbonyl (C=O) groups is 4. The van der Waals surface area contributed by atoms with Crippen molar-refractivity contribution in [1.82, 2.24) is 5.32 Å². The molecule has 2 unspecified atom stereocenters. The van der Waals surface area contributed by atoms with Crippen LogP contribution in [0.25, 0.3) is 0 Å². The van der Waals surface area contributed by atoms with Gasteiger partial charge >= 0.3 is 6.18 Å². The van der Waals surface area contributed by atoms with Crippen LogP contribution in [0.3, 0.4) is 0 Å². The zero-order chi connectivity index (χ0) is 19.6. The molecule has 0 radical (unpaired) electrons. The van der Waals surface area contributed by atoms with Gasteiger partial charge in [-0.2, -0.15) is 13.2 Å². The van der Waals surface area contributed by atoms with Crippen LogP contribution in [-0.2, 0) is 14.4 Å². The number of primary amides is 1. The van der Waals surface area contributed by atoms with Crippen LogP contribution in [0, 0.1) is 11.8 Å². The first-order valence-electron chi connectivity index (χ1n) is 7.28. The minimum atomic E-state index is -4.46. The van der Waals surface area contributed by atoms with E-state index in [9.17, 15) is 32.3 Å². The van der Waals surface area contributed by atoms with Crippen molar-refractivity contribution in [1.29, 1.82) is 0 Å². The maximum atomic E-state index is 12.6. The Balaban J connectivity index is 2.10. The van der Waals surface area contributed by atoms with Crippen LogP contribution in [0.2, 0.25) is 5.02 Å². The third-order valence-electron chi connectivity index (χ3n) is 3.72. The van der Waals surface area contributed by atoms with Crippen LogP contribution in [0.5, 0.6) is 0 Å². The number of halogens is 4. The maximum Gasteiger partial charge on any atom is 0.392 e. The molecule has 1 aliphatic carbocycles. The van der Waals surface area contributed by atoms with Crippen LogP contribution in [0.1, 0.15) is 16.8 Å². The van der Waals surface area contributed by atoms with Crippen molar-refractivity contribution >= 4 is 40.8 Å². The summed E-state index contributed by atoms with van der Waals surface area (Å²) in [7, 11) is 0. The van der Waals surface area contributed by atoms with Crippen LogP contribution < -0.4 is 16.4 Å². The molecule has 1 aromatic rings. The van der Waals surface area contributed by atoms with Gasteiger partial charge in [0.15, 0.2) is 0 Å². The van der Waals surface area contributed by atoms with Gasteiger partial charge in [0.05, 0.1) is 29.6 Å². The highest BCUT2D eigenvalue weighted by molar-refractivity contribution is 6.36. The summed E-state index contributed by atoms with van der Waals surface area (Å²) < 4.78 is 37.7. The molecule has 26 heavy (non-hydrogen) atoms. The molecular weight excluding hydrogens is 379 g/mol. The zero-order valence-electron chi connectivity index (χ0n) is 13.0. The standard InChI is InChI=1S/C15H13ClF3N3O4/c16-6-1-2-10(22-14(26)7-4-9(7)15(17,18)19)8(3-6)13(25)21-5-11(23)12(20)24/h1-3,7,9H,4-5H2,(H2,20,24)(H,21,25)(H,22,26). The molecule has 1 saturated carbocycles. The van der Waals surface area contributed by atoms with Gasteiger partial charge in [0.25, 0.3) is 11.8 Å². The second-order valence-electron chi connectivity index (χ2n) is 5.64. The highest BCUT2D eigenvalue weighted by Gasteiger charge is 2.58. The van der Waals surface area contributed by atoms with Gasteiger partial charge in [0, 0.05) is 5.02 Å². The van der Waals surface area contributed by atoms with Crippen molar-refractivity contribution in [2.24, 2.45) is 17.6 Å². The molecule has 1 aromatic carbocycles. The average molecular weight is 392 g/mol. The van der Waals surface area contributed by atoms with Gasteiger partial charge in [0.2, 0.25) is 11.7 Å². The Labute approximate surface area is 150 Å². The Kier molecular flexibility index (Phi) is 5.55. The van der Waals surface area contributed by atoms with E-state index in [2.05, 4.69) is 10.6 Å². The highest BCUT2D eigenvalue weighted by atomic mass is 35.5. The molecule has 0 spiro atoms. The van der Waals surface area contributed by atoms with Crippen molar-refractivity contribution in [2.75, 3.05) is 11.9 Å². The van der Waals surface area contributed by atoms with Gasteiger partial charge < -0.3 is 16.4 Å². The predicted molar refractivity (Wildman–Crippen MR) is 84.3 cm³/mol. The van der Waals surface area contributed by atoms with E-state index in [1.54, 1.807) is 0 Å². The lowest BCUT2D eigenvalue weighted by Crippen LogP contribution is -2.36. The molecule has 0 aliphatic heterocycles. The quantitative estimate of drug-likeness (QED) is 0.632. The molecular formula is C15H13ClF3N3O4. The van der Waals surface area contributed by atoms with Crippen LogP contribution >= 0.6 is 11.6 Å². The topological polar surface area (TPSA) is 118 Å². The Bertz CT molecular complexity index is 782. The summed E-state index contributed by atoms with van der Waals surface area (Å²) in [5.41, 5.74) is 4.51. The molecule has 0 aromatic heterocycles. The van der Waals surface area contributed by atoms with Gasteiger partial charge in [-0.3, -0.25) is 19.2 Å². The SMILES string of the molecule is NC(=O)C(=O)CNC(=O)c1cc(Cl)ccc1NC(=O)C1CC1C(F)(F)F. The molecule has 4 N–H and O–H groups in total. The Hall–Kier alpha value is -2.62.